The molecule has 0 fully saturated rings. The van der Waals surface area contributed by atoms with Gasteiger partial charge >= 0.3 is 5.97 Å². The minimum absolute atomic E-state index is 0.151. The predicted octanol–water partition coefficient (Wildman–Crippen LogP) is 0.941. The van der Waals surface area contributed by atoms with Crippen LogP contribution in [0.4, 0.5) is 0 Å². The standard InChI is InChI=1S/C14H29NO5/c1-17-10-4-5-11-20-14(16)6-7-15(8-12-18-2)9-13-19-3/h4-13H2,1-3H3. The van der Waals surface area contributed by atoms with E-state index in [2.05, 4.69) is 4.90 Å². The van der Waals surface area contributed by atoms with Crippen LogP contribution in [0.25, 0.3) is 0 Å². The van der Waals surface area contributed by atoms with E-state index in [4.69, 9.17) is 18.9 Å². The van der Waals surface area contributed by atoms with Gasteiger partial charge in [0.1, 0.15) is 0 Å². The van der Waals surface area contributed by atoms with E-state index in [0.717, 1.165) is 25.9 Å². The van der Waals surface area contributed by atoms with Crippen LogP contribution >= 0.6 is 0 Å². The molecule has 120 valence electrons. The summed E-state index contributed by atoms with van der Waals surface area (Å²) >= 11 is 0. The predicted molar refractivity (Wildman–Crippen MR) is 76.9 cm³/mol. The third kappa shape index (κ3) is 12.3. The molecule has 0 aliphatic rings. The van der Waals surface area contributed by atoms with Crippen LogP contribution < -0.4 is 0 Å². The molecule has 0 unspecified atom stereocenters. The lowest BCUT2D eigenvalue weighted by Gasteiger charge is -2.20. The Balaban J connectivity index is 3.68. The molecule has 0 aliphatic carbocycles. The van der Waals surface area contributed by atoms with Crippen molar-refractivity contribution in [2.75, 3.05) is 67.4 Å². The van der Waals surface area contributed by atoms with Crippen LogP contribution in [0.15, 0.2) is 0 Å². The smallest absolute Gasteiger partial charge is 0.307 e. The molecule has 0 heterocycles. The first-order valence-electron chi connectivity index (χ1n) is 7.09. The van der Waals surface area contributed by atoms with Gasteiger partial charge in [0, 0.05) is 47.6 Å². The van der Waals surface area contributed by atoms with Gasteiger partial charge in [-0.2, -0.15) is 0 Å². The molecule has 0 aromatic rings. The number of methoxy groups -OCH3 is 3. The topological polar surface area (TPSA) is 57.2 Å². The largest absolute Gasteiger partial charge is 0.466 e. The van der Waals surface area contributed by atoms with Crippen molar-refractivity contribution in [1.29, 1.82) is 0 Å². The van der Waals surface area contributed by atoms with E-state index in [9.17, 15) is 4.79 Å². The molecule has 0 aliphatic heterocycles. The van der Waals surface area contributed by atoms with Gasteiger partial charge in [0.25, 0.3) is 0 Å². The zero-order chi connectivity index (χ0) is 15.1. The minimum Gasteiger partial charge on any atom is -0.466 e. The summed E-state index contributed by atoms with van der Waals surface area (Å²) in [6.45, 7) is 4.73. The molecule has 0 aromatic heterocycles. The summed E-state index contributed by atoms with van der Waals surface area (Å²) in [5.74, 6) is -0.151. The molecule has 0 atom stereocenters. The fraction of sp³-hybridized carbons (Fsp3) is 0.929. The average Bonchev–Trinajstić information content (AvgIpc) is 2.46. The lowest BCUT2D eigenvalue weighted by atomic mass is 10.3. The monoisotopic (exact) mass is 291 g/mol. The highest BCUT2D eigenvalue weighted by Gasteiger charge is 2.09. The van der Waals surface area contributed by atoms with Gasteiger partial charge in [-0.25, -0.2) is 0 Å². The van der Waals surface area contributed by atoms with Gasteiger partial charge in [-0.15, -0.1) is 0 Å². The molecule has 0 saturated carbocycles. The van der Waals surface area contributed by atoms with Crippen LogP contribution in [0.2, 0.25) is 0 Å². The van der Waals surface area contributed by atoms with E-state index >= 15 is 0 Å². The molecule has 20 heavy (non-hydrogen) atoms. The summed E-state index contributed by atoms with van der Waals surface area (Å²) in [7, 11) is 5.01. The first-order valence-corrected chi connectivity index (χ1v) is 7.09. The second-order valence-corrected chi connectivity index (χ2v) is 4.50. The summed E-state index contributed by atoms with van der Waals surface area (Å²) in [5.41, 5.74) is 0. The van der Waals surface area contributed by atoms with E-state index in [1.807, 2.05) is 0 Å². The maximum atomic E-state index is 11.6. The molecule has 0 bridgehead atoms. The highest BCUT2D eigenvalue weighted by Crippen LogP contribution is 1.97. The molecular weight excluding hydrogens is 262 g/mol. The van der Waals surface area contributed by atoms with Crippen LogP contribution in [0, 0.1) is 0 Å². The molecule has 0 amide bonds. The normalized spacial score (nSPS) is 11.0. The Morgan fingerprint density at radius 2 is 1.35 bits per heavy atom. The van der Waals surface area contributed by atoms with Gasteiger partial charge in [0.2, 0.25) is 0 Å². The Labute approximate surface area is 122 Å². The quantitative estimate of drug-likeness (QED) is 0.351. The molecule has 6 nitrogen and oxygen atoms in total. The molecule has 0 spiro atoms. The van der Waals surface area contributed by atoms with E-state index < -0.39 is 0 Å². The molecule has 0 radical (unpaired) electrons. The lowest BCUT2D eigenvalue weighted by molar-refractivity contribution is -0.144. The van der Waals surface area contributed by atoms with E-state index in [0.29, 0.717) is 39.4 Å². The zero-order valence-electron chi connectivity index (χ0n) is 13.1. The number of esters is 1. The second kappa shape index (κ2) is 14.7. The van der Waals surface area contributed by atoms with Gasteiger partial charge in [0.05, 0.1) is 26.2 Å². The van der Waals surface area contributed by atoms with Crippen LogP contribution in [-0.4, -0.2) is 78.3 Å². The molecule has 0 N–H and O–H groups in total. The number of hydrogen-bond donors (Lipinski definition) is 0. The number of carbonyl (C=O) groups is 1. The third-order valence-corrected chi connectivity index (χ3v) is 2.86. The first kappa shape index (κ1) is 19.3. The van der Waals surface area contributed by atoms with Crippen molar-refractivity contribution in [2.45, 2.75) is 19.3 Å². The number of unbranched alkanes of at least 4 members (excludes halogenated alkanes) is 1. The van der Waals surface area contributed by atoms with E-state index in [1.165, 1.54) is 0 Å². The summed E-state index contributed by atoms with van der Waals surface area (Å²) in [4.78, 5) is 13.7. The SMILES string of the molecule is COCCCCOC(=O)CCN(CCOC)CCOC. The van der Waals surface area contributed by atoms with Gasteiger partial charge in [-0.1, -0.05) is 0 Å². The van der Waals surface area contributed by atoms with Gasteiger partial charge in [-0.05, 0) is 12.8 Å². The third-order valence-electron chi connectivity index (χ3n) is 2.86. The maximum absolute atomic E-state index is 11.6. The molecule has 0 saturated heterocycles. The van der Waals surface area contributed by atoms with Crippen LogP contribution in [-0.2, 0) is 23.7 Å². The Kier molecular flexibility index (Phi) is 14.2. The summed E-state index contributed by atoms with van der Waals surface area (Å²) < 4.78 is 20.2. The Morgan fingerprint density at radius 3 is 1.90 bits per heavy atom. The Hall–Kier alpha value is -0.690. The van der Waals surface area contributed by atoms with Crippen LogP contribution in [0.3, 0.4) is 0 Å². The van der Waals surface area contributed by atoms with Crippen molar-refractivity contribution < 1.29 is 23.7 Å². The summed E-state index contributed by atoms with van der Waals surface area (Å²) in [5, 5.41) is 0. The van der Waals surface area contributed by atoms with Crippen molar-refractivity contribution >= 4 is 5.97 Å². The highest BCUT2D eigenvalue weighted by molar-refractivity contribution is 5.69. The number of hydrogen-bond acceptors (Lipinski definition) is 6. The fourth-order valence-corrected chi connectivity index (χ4v) is 1.63. The number of carbonyl (C=O) groups excluding carboxylic acids is 1. The minimum atomic E-state index is -0.151. The molecule has 0 rings (SSSR count). The number of ether oxygens (including phenoxy) is 4. The summed E-state index contributed by atoms with van der Waals surface area (Å²) in [6.07, 6.45) is 2.16. The zero-order valence-corrected chi connectivity index (χ0v) is 13.1. The van der Waals surface area contributed by atoms with E-state index in [-0.39, 0.29) is 5.97 Å². The summed E-state index contributed by atoms with van der Waals surface area (Å²) in [6, 6.07) is 0. The van der Waals surface area contributed by atoms with E-state index in [1.54, 1.807) is 21.3 Å². The molecule has 0 aromatic carbocycles. The fourth-order valence-electron chi connectivity index (χ4n) is 1.63. The second-order valence-electron chi connectivity index (χ2n) is 4.50. The van der Waals surface area contributed by atoms with Crippen molar-refractivity contribution in [1.82, 2.24) is 4.90 Å². The first-order chi connectivity index (χ1) is 9.74. The van der Waals surface area contributed by atoms with Gasteiger partial charge in [-0.3, -0.25) is 9.69 Å². The number of nitrogens with zero attached hydrogens (tertiary/aromatic N) is 1. The number of rotatable bonds is 14. The van der Waals surface area contributed by atoms with Gasteiger partial charge < -0.3 is 18.9 Å². The maximum Gasteiger partial charge on any atom is 0.307 e. The molecular formula is C14H29NO5. The van der Waals surface area contributed by atoms with Crippen molar-refractivity contribution in [3.05, 3.63) is 0 Å². The highest BCUT2D eigenvalue weighted by atomic mass is 16.5. The Bertz CT molecular complexity index is 218. The van der Waals surface area contributed by atoms with Gasteiger partial charge in [0.15, 0.2) is 0 Å². The Morgan fingerprint density at radius 1 is 0.800 bits per heavy atom. The van der Waals surface area contributed by atoms with Crippen LogP contribution in [0.1, 0.15) is 19.3 Å². The average molecular weight is 291 g/mol. The van der Waals surface area contributed by atoms with Crippen molar-refractivity contribution in [3.63, 3.8) is 0 Å². The lowest BCUT2D eigenvalue weighted by Crippen LogP contribution is -2.33. The van der Waals surface area contributed by atoms with Crippen molar-refractivity contribution in [2.24, 2.45) is 0 Å². The van der Waals surface area contributed by atoms with Crippen LogP contribution in [0.5, 0.6) is 0 Å². The van der Waals surface area contributed by atoms with Crippen molar-refractivity contribution in [3.8, 4) is 0 Å². The molecule has 6 heteroatoms.